The minimum absolute atomic E-state index is 0.128. The van der Waals surface area contributed by atoms with Gasteiger partial charge in [-0.25, -0.2) is 9.66 Å². The fraction of sp³-hybridized carbons (Fsp3) is 0.429. The maximum Gasteiger partial charge on any atom is 0.305 e. The van der Waals surface area contributed by atoms with Crippen LogP contribution in [0.3, 0.4) is 0 Å². The van der Waals surface area contributed by atoms with Gasteiger partial charge in [-0.3, -0.25) is 4.79 Å². The van der Waals surface area contributed by atoms with Crippen LogP contribution in [0.2, 0.25) is 0 Å². The summed E-state index contributed by atoms with van der Waals surface area (Å²) in [6.45, 7) is 1.34. The molecule has 0 amide bonds. The van der Waals surface area contributed by atoms with E-state index in [0.29, 0.717) is 6.54 Å². The number of hydrogen-bond acceptors (Lipinski definition) is 4. The first kappa shape index (κ1) is 12.8. The van der Waals surface area contributed by atoms with Gasteiger partial charge in [0.1, 0.15) is 11.6 Å². The van der Waals surface area contributed by atoms with E-state index >= 15 is 0 Å². The van der Waals surface area contributed by atoms with E-state index in [0.717, 1.165) is 42.0 Å². The average molecular weight is 275 g/mol. The summed E-state index contributed by atoms with van der Waals surface area (Å²) >= 11 is 0. The molecule has 6 nitrogen and oxygen atoms in total. The molecule has 2 heterocycles. The van der Waals surface area contributed by atoms with Crippen LogP contribution in [0.4, 0.5) is 0 Å². The van der Waals surface area contributed by atoms with Gasteiger partial charge in [0.05, 0.1) is 24.6 Å². The second-order valence-corrected chi connectivity index (χ2v) is 4.90. The molecule has 0 spiro atoms. The van der Waals surface area contributed by atoms with Crippen LogP contribution in [0.1, 0.15) is 18.7 Å². The Morgan fingerprint density at radius 3 is 3.10 bits per heavy atom. The molecular weight excluding hydrogens is 258 g/mol. The molecule has 1 aliphatic heterocycles. The monoisotopic (exact) mass is 275 g/mol. The van der Waals surface area contributed by atoms with Crippen molar-refractivity contribution in [3.05, 3.63) is 24.0 Å². The van der Waals surface area contributed by atoms with E-state index in [4.69, 9.17) is 9.84 Å². The van der Waals surface area contributed by atoms with Crippen molar-refractivity contribution in [3.63, 3.8) is 0 Å². The quantitative estimate of drug-likeness (QED) is 0.913. The Morgan fingerprint density at radius 1 is 1.50 bits per heavy atom. The molecule has 0 fully saturated rings. The number of carboxylic acids is 1. The van der Waals surface area contributed by atoms with Crippen LogP contribution in [-0.2, 0) is 11.2 Å². The number of rotatable bonds is 4. The number of ether oxygens (including phenoxy) is 1. The third-order valence-corrected chi connectivity index (χ3v) is 3.59. The lowest BCUT2D eigenvalue weighted by Crippen LogP contribution is -2.41. The molecule has 2 aromatic rings. The molecule has 0 saturated carbocycles. The highest BCUT2D eigenvalue weighted by Crippen LogP contribution is 2.25. The number of methoxy groups -OCH3 is 1. The molecule has 20 heavy (non-hydrogen) atoms. The van der Waals surface area contributed by atoms with Gasteiger partial charge in [-0.2, -0.15) is 0 Å². The molecule has 0 radical (unpaired) electrons. The number of carboxylic acid groups (broad SMARTS) is 1. The molecule has 0 atom stereocenters. The summed E-state index contributed by atoms with van der Waals surface area (Å²) in [7, 11) is 1.64. The summed E-state index contributed by atoms with van der Waals surface area (Å²) < 4.78 is 7.31. The Hall–Kier alpha value is -2.24. The standard InChI is InChI=1S/C14H17N3O3/c1-20-10-4-5-11-12(9-10)17-13(15-11)3-2-7-16(17)8-6-14(18)19/h4-5,9H,2-3,6-8H2,1H3,(H,18,19). The summed E-state index contributed by atoms with van der Waals surface area (Å²) in [5.74, 6) is 0.993. The van der Waals surface area contributed by atoms with Crippen molar-refractivity contribution in [2.45, 2.75) is 19.3 Å². The van der Waals surface area contributed by atoms with Gasteiger partial charge in [0.15, 0.2) is 0 Å². The van der Waals surface area contributed by atoms with Crippen LogP contribution in [-0.4, -0.2) is 40.9 Å². The van der Waals surface area contributed by atoms with Crippen LogP contribution in [0.5, 0.6) is 5.75 Å². The van der Waals surface area contributed by atoms with Crippen LogP contribution >= 0.6 is 0 Å². The van der Waals surface area contributed by atoms with Crippen molar-refractivity contribution < 1.29 is 14.6 Å². The molecule has 106 valence electrons. The summed E-state index contributed by atoms with van der Waals surface area (Å²) in [5, 5.41) is 10.9. The average Bonchev–Trinajstić information content (AvgIpc) is 2.82. The van der Waals surface area contributed by atoms with Gasteiger partial charge in [0, 0.05) is 25.6 Å². The van der Waals surface area contributed by atoms with Crippen molar-refractivity contribution >= 4 is 17.0 Å². The first-order chi connectivity index (χ1) is 9.69. The van der Waals surface area contributed by atoms with E-state index < -0.39 is 5.97 Å². The largest absolute Gasteiger partial charge is 0.497 e. The summed E-state index contributed by atoms with van der Waals surface area (Å²) in [4.78, 5) is 15.4. The highest BCUT2D eigenvalue weighted by molar-refractivity contribution is 5.78. The lowest BCUT2D eigenvalue weighted by Gasteiger charge is -2.31. The molecule has 1 aliphatic rings. The molecule has 6 heteroatoms. The van der Waals surface area contributed by atoms with E-state index in [9.17, 15) is 4.79 Å². The number of aromatic nitrogens is 2. The normalized spacial score (nSPS) is 14.3. The maximum absolute atomic E-state index is 10.8. The van der Waals surface area contributed by atoms with Gasteiger partial charge in [-0.15, -0.1) is 0 Å². The molecule has 0 unspecified atom stereocenters. The van der Waals surface area contributed by atoms with Gasteiger partial charge in [0.2, 0.25) is 0 Å². The van der Waals surface area contributed by atoms with Crippen LogP contribution < -0.4 is 9.75 Å². The summed E-state index contributed by atoms with van der Waals surface area (Å²) in [6, 6.07) is 5.78. The molecule has 1 aromatic carbocycles. The molecular formula is C14H17N3O3. The van der Waals surface area contributed by atoms with Gasteiger partial charge in [-0.05, 0) is 18.6 Å². The smallest absolute Gasteiger partial charge is 0.305 e. The fourth-order valence-corrected chi connectivity index (χ4v) is 2.65. The fourth-order valence-electron chi connectivity index (χ4n) is 2.65. The number of carbonyl (C=O) groups is 1. The zero-order chi connectivity index (χ0) is 14.1. The number of hydrogen-bond donors (Lipinski definition) is 1. The maximum atomic E-state index is 10.8. The number of fused-ring (bicyclic) bond motifs is 3. The lowest BCUT2D eigenvalue weighted by molar-refractivity contribution is -0.136. The minimum atomic E-state index is -0.779. The van der Waals surface area contributed by atoms with Gasteiger partial charge in [-0.1, -0.05) is 0 Å². The molecule has 0 aliphatic carbocycles. The van der Waals surface area contributed by atoms with E-state index in [-0.39, 0.29) is 6.42 Å². The number of nitrogens with zero attached hydrogens (tertiary/aromatic N) is 3. The highest BCUT2D eigenvalue weighted by atomic mass is 16.5. The Kier molecular flexibility index (Phi) is 3.22. The van der Waals surface area contributed by atoms with E-state index in [1.165, 1.54) is 0 Å². The van der Waals surface area contributed by atoms with Crippen molar-refractivity contribution in [1.29, 1.82) is 0 Å². The Balaban J connectivity index is 2.03. The van der Waals surface area contributed by atoms with E-state index in [1.54, 1.807) is 7.11 Å². The molecule has 1 N–H and O–H groups in total. The topological polar surface area (TPSA) is 67.6 Å². The highest BCUT2D eigenvalue weighted by Gasteiger charge is 2.21. The summed E-state index contributed by atoms with van der Waals surface area (Å²) in [6.07, 6.45) is 2.05. The number of aryl methyl sites for hydroxylation is 1. The van der Waals surface area contributed by atoms with Crippen molar-refractivity contribution in [1.82, 2.24) is 9.66 Å². The van der Waals surface area contributed by atoms with Gasteiger partial charge in [0.25, 0.3) is 0 Å². The van der Waals surface area contributed by atoms with Gasteiger partial charge < -0.3 is 14.9 Å². The zero-order valence-electron chi connectivity index (χ0n) is 11.4. The first-order valence-electron chi connectivity index (χ1n) is 6.71. The van der Waals surface area contributed by atoms with Crippen molar-refractivity contribution in [2.75, 3.05) is 25.2 Å². The molecule has 0 saturated heterocycles. The Morgan fingerprint density at radius 2 is 2.35 bits per heavy atom. The third kappa shape index (κ3) is 2.17. The summed E-state index contributed by atoms with van der Waals surface area (Å²) in [5.41, 5.74) is 1.90. The van der Waals surface area contributed by atoms with Crippen LogP contribution in [0.15, 0.2) is 18.2 Å². The predicted octanol–water partition coefficient (Wildman–Crippen LogP) is 1.40. The molecule has 0 bridgehead atoms. The predicted molar refractivity (Wildman–Crippen MR) is 74.8 cm³/mol. The van der Waals surface area contributed by atoms with E-state index in [1.807, 2.05) is 22.9 Å². The second kappa shape index (κ2) is 5.03. The van der Waals surface area contributed by atoms with E-state index in [2.05, 4.69) is 9.99 Å². The number of benzene rings is 1. The number of imidazole rings is 1. The first-order valence-corrected chi connectivity index (χ1v) is 6.71. The third-order valence-electron chi connectivity index (χ3n) is 3.59. The lowest BCUT2D eigenvalue weighted by atomic mass is 10.2. The van der Waals surface area contributed by atoms with Crippen LogP contribution in [0.25, 0.3) is 11.0 Å². The molecule has 1 aromatic heterocycles. The Labute approximate surface area is 116 Å². The van der Waals surface area contributed by atoms with Crippen molar-refractivity contribution in [2.24, 2.45) is 0 Å². The van der Waals surface area contributed by atoms with Crippen molar-refractivity contribution in [3.8, 4) is 5.75 Å². The van der Waals surface area contributed by atoms with Crippen LogP contribution in [0, 0.1) is 0 Å². The minimum Gasteiger partial charge on any atom is -0.497 e. The number of aliphatic carboxylic acids is 1. The van der Waals surface area contributed by atoms with Gasteiger partial charge >= 0.3 is 5.97 Å². The molecule has 3 rings (SSSR count). The zero-order valence-corrected chi connectivity index (χ0v) is 11.4. The Bertz CT molecular complexity index is 650. The SMILES string of the molecule is COc1ccc2nc3n(c2c1)N(CCC(=O)O)CCC3. The second-order valence-electron chi connectivity index (χ2n) is 4.90.